The third kappa shape index (κ3) is 8.42. The van der Waals surface area contributed by atoms with Crippen LogP contribution in [0.1, 0.15) is 33.6 Å². The second kappa shape index (κ2) is 7.99. The van der Waals surface area contributed by atoms with Crippen molar-refractivity contribution in [2.75, 3.05) is 27.3 Å². The highest BCUT2D eigenvalue weighted by atomic mass is 16.5. The summed E-state index contributed by atoms with van der Waals surface area (Å²) < 4.78 is 4.87. The van der Waals surface area contributed by atoms with E-state index in [1.54, 1.807) is 14.2 Å². The number of carboxylic acids is 1. The normalized spacial score (nSPS) is 12.9. The third-order valence-electron chi connectivity index (χ3n) is 2.50. The van der Waals surface area contributed by atoms with Crippen molar-refractivity contribution < 1.29 is 19.4 Å². The molecule has 0 aromatic rings. The molecule has 112 valence electrons. The molecule has 0 saturated heterocycles. The maximum absolute atomic E-state index is 11.9. The number of hydrogen-bond donors (Lipinski definition) is 2. The zero-order valence-electron chi connectivity index (χ0n) is 12.5. The lowest BCUT2D eigenvalue weighted by Crippen LogP contribution is -2.48. The fourth-order valence-electron chi connectivity index (χ4n) is 1.73. The van der Waals surface area contributed by atoms with Gasteiger partial charge in [-0.3, -0.25) is 0 Å². The van der Waals surface area contributed by atoms with Gasteiger partial charge in [0.2, 0.25) is 0 Å². The Morgan fingerprint density at radius 3 is 2.37 bits per heavy atom. The van der Waals surface area contributed by atoms with E-state index in [-0.39, 0.29) is 11.4 Å². The Kier molecular flexibility index (Phi) is 7.44. The van der Waals surface area contributed by atoms with Crippen LogP contribution < -0.4 is 5.32 Å². The Morgan fingerprint density at radius 2 is 1.95 bits per heavy atom. The van der Waals surface area contributed by atoms with E-state index in [9.17, 15) is 9.59 Å². The highest BCUT2D eigenvalue weighted by Crippen LogP contribution is 2.14. The number of amides is 2. The summed E-state index contributed by atoms with van der Waals surface area (Å²) in [6.45, 7) is 7.10. The Balaban J connectivity index is 4.34. The quantitative estimate of drug-likeness (QED) is 0.690. The first-order chi connectivity index (χ1) is 8.67. The summed E-state index contributed by atoms with van der Waals surface area (Å²) >= 11 is 0. The maximum atomic E-state index is 11.9. The number of rotatable bonds is 7. The Hall–Kier alpha value is -1.30. The van der Waals surface area contributed by atoms with Gasteiger partial charge in [-0.25, -0.2) is 9.59 Å². The molecule has 0 radical (unpaired) electrons. The lowest BCUT2D eigenvalue weighted by molar-refractivity contribution is -0.139. The third-order valence-corrected chi connectivity index (χ3v) is 2.50. The molecule has 0 saturated carbocycles. The number of urea groups is 1. The highest BCUT2D eigenvalue weighted by Gasteiger charge is 2.23. The predicted octanol–water partition coefficient (Wildman–Crippen LogP) is 1.55. The number of ether oxygens (including phenoxy) is 1. The minimum absolute atomic E-state index is 0.0269. The van der Waals surface area contributed by atoms with Gasteiger partial charge in [0.15, 0.2) is 0 Å². The van der Waals surface area contributed by atoms with Crippen molar-refractivity contribution in [3.05, 3.63) is 0 Å². The van der Waals surface area contributed by atoms with Gasteiger partial charge in [0, 0.05) is 27.3 Å². The molecule has 0 aliphatic rings. The molecule has 1 unspecified atom stereocenters. The van der Waals surface area contributed by atoms with Crippen LogP contribution in [-0.4, -0.2) is 55.4 Å². The second-order valence-corrected chi connectivity index (χ2v) is 5.89. The molecule has 1 atom stereocenters. The summed E-state index contributed by atoms with van der Waals surface area (Å²) in [4.78, 5) is 24.5. The lowest BCUT2D eigenvalue weighted by Gasteiger charge is -2.28. The summed E-state index contributed by atoms with van der Waals surface area (Å²) in [7, 11) is 3.22. The monoisotopic (exact) mass is 274 g/mol. The van der Waals surface area contributed by atoms with Gasteiger partial charge >= 0.3 is 12.0 Å². The summed E-state index contributed by atoms with van der Waals surface area (Å²) in [6.07, 6.45) is 0.953. The van der Waals surface area contributed by atoms with Crippen LogP contribution in [0.4, 0.5) is 4.79 Å². The fourth-order valence-corrected chi connectivity index (χ4v) is 1.73. The first-order valence-corrected chi connectivity index (χ1v) is 6.40. The van der Waals surface area contributed by atoms with Gasteiger partial charge in [-0.2, -0.15) is 0 Å². The van der Waals surface area contributed by atoms with Crippen LogP contribution in [0.25, 0.3) is 0 Å². The number of nitrogens with one attached hydrogen (secondary N) is 1. The molecule has 2 amide bonds. The van der Waals surface area contributed by atoms with E-state index in [1.807, 2.05) is 20.8 Å². The molecule has 6 heteroatoms. The van der Waals surface area contributed by atoms with Crippen molar-refractivity contribution in [1.29, 1.82) is 0 Å². The molecule has 0 spiro atoms. The number of nitrogens with zero attached hydrogens (tertiary/aromatic N) is 1. The Labute approximate surface area is 115 Å². The minimum atomic E-state index is -1.02. The molecular weight excluding hydrogens is 248 g/mol. The summed E-state index contributed by atoms with van der Waals surface area (Å²) in [5.74, 6) is -1.02. The number of aliphatic carboxylic acids is 1. The molecular formula is C13H26N2O4. The second-order valence-electron chi connectivity index (χ2n) is 5.89. The zero-order valence-corrected chi connectivity index (χ0v) is 12.5. The molecule has 0 aromatic carbocycles. The molecule has 0 aromatic heterocycles. The Bertz CT molecular complexity index is 300. The number of methoxy groups -OCH3 is 1. The predicted molar refractivity (Wildman–Crippen MR) is 73.2 cm³/mol. The first-order valence-electron chi connectivity index (χ1n) is 6.40. The number of carbonyl (C=O) groups excluding carboxylic acids is 1. The van der Waals surface area contributed by atoms with Crippen molar-refractivity contribution in [2.24, 2.45) is 5.41 Å². The number of carbonyl (C=O) groups is 2. The Morgan fingerprint density at radius 1 is 1.37 bits per heavy atom. The maximum Gasteiger partial charge on any atom is 0.326 e. The first kappa shape index (κ1) is 17.7. The smallest absolute Gasteiger partial charge is 0.326 e. The number of hydrogen-bond acceptors (Lipinski definition) is 3. The molecule has 0 aliphatic heterocycles. The molecule has 0 bridgehead atoms. The van der Waals surface area contributed by atoms with Gasteiger partial charge in [0.05, 0.1) is 0 Å². The van der Waals surface area contributed by atoms with Crippen LogP contribution in [0.2, 0.25) is 0 Å². The fraction of sp³-hybridized carbons (Fsp3) is 0.846. The van der Waals surface area contributed by atoms with Crippen LogP contribution in [0.15, 0.2) is 0 Å². The molecule has 2 N–H and O–H groups in total. The van der Waals surface area contributed by atoms with E-state index in [4.69, 9.17) is 9.84 Å². The average molecular weight is 274 g/mol. The standard InChI is InChI=1S/C13H26N2O4/c1-13(2,3)9-15(4)12(18)14-10(11(16)17)7-6-8-19-5/h10H,6-9H2,1-5H3,(H,14,18)(H,16,17). The molecule has 19 heavy (non-hydrogen) atoms. The van der Waals surface area contributed by atoms with Gasteiger partial charge in [-0.15, -0.1) is 0 Å². The van der Waals surface area contributed by atoms with Crippen molar-refractivity contribution in [3.8, 4) is 0 Å². The van der Waals surface area contributed by atoms with E-state index < -0.39 is 12.0 Å². The van der Waals surface area contributed by atoms with Crippen LogP contribution in [0.3, 0.4) is 0 Å². The highest BCUT2D eigenvalue weighted by molar-refractivity contribution is 5.82. The van der Waals surface area contributed by atoms with Gasteiger partial charge in [-0.1, -0.05) is 20.8 Å². The minimum Gasteiger partial charge on any atom is -0.480 e. The van der Waals surface area contributed by atoms with Crippen molar-refractivity contribution in [2.45, 2.75) is 39.7 Å². The van der Waals surface area contributed by atoms with E-state index in [0.717, 1.165) is 0 Å². The van der Waals surface area contributed by atoms with E-state index in [0.29, 0.717) is 26.0 Å². The van der Waals surface area contributed by atoms with Gasteiger partial charge < -0.3 is 20.1 Å². The van der Waals surface area contributed by atoms with Gasteiger partial charge in [0.1, 0.15) is 6.04 Å². The summed E-state index contributed by atoms with van der Waals surface area (Å²) in [6, 6.07) is -1.23. The molecule has 0 rings (SSSR count). The van der Waals surface area contributed by atoms with E-state index in [1.165, 1.54) is 4.90 Å². The zero-order chi connectivity index (χ0) is 15.1. The molecule has 0 heterocycles. The van der Waals surface area contributed by atoms with Crippen LogP contribution >= 0.6 is 0 Å². The lowest BCUT2D eigenvalue weighted by atomic mass is 9.96. The summed E-state index contributed by atoms with van der Waals surface area (Å²) in [5.41, 5.74) is -0.0269. The van der Waals surface area contributed by atoms with E-state index >= 15 is 0 Å². The van der Waals surface area contributed by atoms with Crippen molar-refractivity contribution in [3.63, 3.8) is 0 Å². The van der Waals surface area contributed by atoms with E-state index in [2.05, 4.69) is 5.32 Å². The van der Waals surface area contributed by atoms with Gasteiger partial charge in [0.25, 0.3) is 0 Å². The topological polar surface area (TPSA) is 78.9 Å². The largest absolute Gasteiger partial charge is 0.480 e. The van der Waals surface area contributed by atoms with Crippen LogP contribution in [0, 0.1) is 5.41 Å². The molecule has 0 fully saturated rings. The average Bonchev–Trinajstić information content (AvgIpc) is 2.25. The number of carboxylic acid groups (broad SMARTS) is 1. The molecule has 6 nitrogen and oxygen atoms in total. The summed E-state index contributed by atoms with van der Waals surface area (Å²) in [5, 5.41) is 11.6. The van der Waals surface area contributed by atoms with Gasteiger partial charge in [-0.05, 0) is 18.3 Å². The SMILES string of the molecule is COCCCC(NC(=O)N(C)CC(C)(C)C)C(=O)O. The van der Waals surface area contributed by atoms with Crippen molar-refractivity contribution in [1.82, 2.24) is 10.2 Å². The van der Waals surface area contributed by atoms with Crippen LogP contribution in [0.5, 0.6) is 0 Å². The van der Waals surface area contributed by atoms with Crippen molar-refractivity contribution >= 4 is 12.0 Å². The van der Waals surface area contributed by atoms with Crippen LogP contribution in [-0.2, 0) is 9.53 Å². The molecule has 0 aliphatic carbocycles.